The molecule has 4 unspecified atom stereocenters. The molecule has 2 aliphatic carbocycles. The molecule has 1 fully saturated rings. The van der Waals surface area contributed by atoms with Crippen molar-refractivity contribution in [2.75, 3.05) is 0 Å². The highest BCUT2D eigenvalue weighted by Gasteiger charge is 2.77. The van der Waals surface area contributed by atoms with Gasteiger partial charge in [-0.3, -0.25) is 0 Å². The topological polar surface area (TPSA) is 46.6 Å². The van der Waals surface area contributed by atoms with Crippen LogP contribution >= 0.6 is 0 Å². The molecule has 4 nitrogen and oxygen atoms in total. The van der Waals surface area contributed by atoms with Crippen LogP contribution in [0.3, 0.4) is 0 Å². The number of hydrogen-bond acceptors (Lipinski definition) is 3. The van der Waals surface area contributed by atoms with Gasteiger partial charge in [0.05, 0.1) is 6.04 Å². The molecule has 1 amide bonds. The molecule has 4 aromatic carbocycles. The number of benzene rings is 4. The molecule has 33 heavy (non-hydrogen) atoms. The average Bonchev–Trinajstić information content (AvgIpc) is 2.97. The van der Waals surface area contributed by atoms with Gasteiger partial charge in [0.1, 0.15) is 21.3 Å². The molecule has 1 spiro atoms. The standard InChI is InChI=1S/C28H23NO3S/c1-27(2,3)32-26(30)29-25-21-13-17-9-5-4-8-16(17)12-20(21)24-22-14-18-10-6-7-11-19(18)15-23(22)28(24,25)33(29)31/h4-15,24-25H,1-3H3. The van der Waals surface area contributed by atoms with Crippen LogP contribution in [0.15, 0.2) is 72.8 Å². The lowest BCUT2D eigenvalue weighted by Gasteiger charge is -2.59. The maximum Gasteiger partial charge on any atom is 0.422 e. The lowest BCUT2D eigenvalue weighted by molar-refractivity contribution is 0.0235. The molecule has 1 aliphatic heterocycles. The van der Waals surface area contributed by atoms with E-state index in [0.29, 0.717) is 0 Å². The first-order chi connectivity index (χ1) is 15.8. The summed E-state index contributed by atoms with van der Waals surface area (Å²) in [5, 5.41) is 4.61. The number of amides is 1. The molecule has 0 bridgehead atoms. The zero-order valence-corrected chi connectivity index (χ0v) is 19.5. The highest BCUT2D eigenvalue weighted by atomic mass is 32.2. The molecule has 3 aliphatic rings. The number of ether oxygens (including phenoxy) is 1. The van der Waals surface area contributed by atoms with Crippen molar-refractivity contribution in [3.8, 4) is 0 Å². The van der Waals surface area contributed by atoms with Gasteiger partial charge in [0, 0.05) is 5.92 Å². The third kappa shape index (κ3) is 2.26. The van der Waals surface area contributed by atoms with Crippen LogP contribution in [0.2, 0.25) is 0 Å². The van der Waals surface area contributed by atoms with Crippen molar-refractivity contribution in [3.05, 3.63) is 95.1 Å². The number of rotatable bonds is 0. The summed E-state index contributed by atoms with van der Waals surface area (Å²) >= 11 is 0. The maximum atomic E-state index is 14.0. The summed E-state index contributed by atoms with van der Waals surface area (Å²) in [5.41, 5.74) is 3.95. The van der Waals surface area contributed by atoms with E-state index in [1.54, 1.807) is 0 Å². The molecule has 0 N–H and O–H groups in total. The van der Waals surface area contributed by atoms with Crippen LogP contribution in [0.25, 0.3) is 21.5 Å². The second-order valence-corrected chi connectivity index (χ2v) is 11.9. The van der Waals surface area contributed by atoms with E-state index in [4.69, 9.17) is 4.74 Å². The molecular weight excluding hydrogens is 430 g/mol. The van der Waals surface area contributed by atoms with Crippen LogP contribution in [0.4, 0.5) is 4.79 Å². The number of hydrogen-bond donors (Lipinski definition) is 0. The molecule has 7 rings (SSSR count). The summed E-state index contributed by atoms with van der Waals surface area (Å²) in [5.74, 6) is 0.0150. The molecule has 0 aromatic heterocycles. The molecule has 4 aromatic rings. The van der Waals surface area contributed by atoms with Gasteiger partial charge in [0.25, 0.3) is 0 Å². The lowest BCUT2D eigenvalue weighted by atomic mass is 9.65. The van der Waals surface area contributed by atoms with Crippen molar-refractivity contribution in [3.63, 3.8) is 0 Å². The van der Waals surface area contributed by atoms with Crippen LogP contribution in [0.1, 0.15) is 55.0 Å². The Hall–Kier alpha value is -3.18. The normalized spacial score (nSPS) is 26.6. The molecule has 1 heterocycles. The van der Waals surface area contributed by atoms with Gasteiger partial charge in [0.2, 0.25) is 0 Å². The Bertz CT molecular complexity index is 1550. The Morgan fingerprint density at radius 1 is 0.848 bits per heavy atom. The van der Waals surface area contributed by atoms with Crippen molar-refractivity contribution < 1.29 is 13.7 Å². The molecule has 0 radical (unpaired) electrons. The van der Waals surface area contributed by atoms with Gasteiger partial charge in [-0.1, -0.05) is 60.7 Å². The second-order valence-electron chi connectivity index (χ2n) is 10.3. The minimum atomic E-state index is -1.52. The largest absolute Gasteiger partial charge is 0.443 e. The van der Waals surface area contributed by atoms with Crippen molar-refractivity contribution in [2.24, 2.45) is 0 Å². The summed E-state index contributed by atoms with van der Waals surface area (Å²) in [6, 6.07) is 25.1. The SMILES string of the molecule is CC(C)(C)OC(=O)N1C2c3cc4ccccc4cc3C3c4cc5ccccc5cc4C32S1=O. The van der Waals surface area contributed by atoms with Gasteiger partial charge < -0.3 is 4.74 Å². The van der Waals surface area contributed by atoms with Gasteiger partial charge in [-0.2, -0.15) is 0 Å². The van der Waals surface area contributed by atoms with Crippen molar-refractivity contribution in [1.82, 2.24) is 4.31 Å². The van der Waals surface area contributed by atoms with E-state index in [1.165, 1.54) is 20.8 Å². The number of nitrogens with zero attached hydrogens (tertiary/aromatic N) is 1. The Labute approximate surface area is 194 Å². The summed E-state index contributed by atoms with van der Waals surface area (Å²) in [6.45, 7) is 5.52. The van der Waals surface area contributed by atoms with E-state index in [0.717, 1.165) is 27.3 Å². The Balaban J connectivity index is 1.48. The van der Waals surface area contributed by atoms with Gasteiger partial charge >= 0.3 is 6.09 Å². The third-order valence-electron chi connectivity index (χ3n) is 7.32. The van der Waals surface area contributed by atoms with Crippen molar-refractivity contribution >= 4 is 38.6 Å². The predicted molar refractivity (Wildman–Crippen MR) is 130 cm³/mol. The maximum absolute atomic E-state index is 14.0. The van der Waals surface area contributed by atoms with E-state index < -0.39 is 27.4 Å². The zero-order chi connectivity index (χ0) is 22.7. The molecular formula is C28H23NO3S. The van der Waals surface area contributed by atoms with E-state index in [-0.39, 0.29) is 12.0 Å². The van der Waals surface area contributed by atoms with E-state index >= 15 is 0 Å². The summed E-state index contributed by atoms with van der Waals surface area (Å²) in [7, 11) is -1.52. The quantitative estimate of drug-likeness (QED) is 0.314. The van der Waals surface area contributed by atoms with Gasteiger partial charge in [-0.25, -0.2) is 13.3 Å². The fraction of sp³-hybridized carbons (Fsp3) is 0.250. The van der Waals surface area contributed by atoms with Gasteiger partial charge in [-0.05, 0) is 76.7 Å². The molecule has 0 saturated carbocycles. The van der Waals surface area contributed by atoms with E-state index in [9.17, 15) is 9.00 Å². The van der Waals surface area contributed by atoms with Gasteiger partial charge in [-0.15, -0.1) is 0 Å². The van der Waals surface area contributed by atoms with Crippen LogP contribution in [-0.2, 0) is 20.5 Å². The predicted octanol–water partition coefficient (Wildman–Crippen LogP) is 6.30. The molecule has 1 saturated heterocycles. The Morgan fingerprint density at radius 3 is 1.94 bits per heavy atom. The minimum absolute atomic E-state index is 0.0150. The molecule has 4 atom stereocenters. The third-order valence-corrected chi connectivity index (χ3v) is 9.29. The number of fused-ring (bicyclic) bond motifs is 7. The highest BCUT2D eigenvalue weighted by Crippen LogP contribution is 2.75. The smallest absolute Gasteiger partial charge is 0.422 e. The fourth-order valence-electron chi connectivity index (χ4n) is 6.12. The van der Waals surface area contributed by atoms with Crippen LogP contribution in [0, 0.1) is 0 Å². The van der Waals surface area contributed by atoms with Crippen molar-refractivity contribution in [1.29, 1.82) is 0 Å². The summed E-state index contributed by atoms with van der Waals surface area (Å²) in [4.78, 5) is 13.2. The second kappa shape index (κ2) is 6.03. The fourth-order valence-corrected chi connectivity index (χ4v) is 8.17. The van der Waals surface area contributed by atoms with Crippen LogP contribution in [0.5, 0.6) is 0 Å². The molecule has 5 heteroatoms. The Kier molecular flexibility index (Phi) is 3.53. The first-order valence-electron chi connectivity index (χ1n) is 11.3. The summed E-state index contributed by atoms with van der Waals surface area (Å²) < 4.78 is 20.5. The number of carbonyl (C=O) groups is 1. The highest BCUT2D eigenvalue weighted by molar-refractivity contribution is 7.86. The minimum Gasteiger partial charge on any atom is -0.443 e. The van der Waals surface area contributed by atoms with Crippen molar-refractivity contribution in [2.45, 2.75) is 43.1 Å². The first kappa shape index (κ1) is 19.3. The average molecular weight is 454 g/mol. The van der Waals surface area contributed by atoms with Gasteiger partial charge in [0.15, 0.2) is 0 Å². The van der Waals surface area contributed by atoms with E-state index in [2.05, 4.69) is 48.5 Å². The number of carbonyl (C=O) groups excluding carboxylic acids is 1. The molecule has 164 valence electrons. The zero-order valence-electron chi connectivity index (χ0n) is 18.7. The van der Waals surface area contributed by atoms with E-state index in [1.807, 2.05) is 45.0 Å². The van der Waals surface area contributed by atoms with Crippen LogP contribution < -0.4 is 0 Å². The lowest BCUT2D eigenvalue weighted by Crippen LogP contribution is -2.67. The summed E-state index contributed by atoms with van der Waals surface area (Å²) in [6.07, 6.45) is -0.509. The first-order valence-corrected chi connectivity index (χ1v) is 12.4. The van der Waals surface area contributed by atoms with Crippen LogP contribution in [-0.4, -0.2) is 20.2 Å². The monoisotopic (exact) mass is 453 g/mol. The Morgan fingerprint density at radius 2 is 1.36 bits per heavy atom.